The molecule has 5 heteroatoms. The smallest absolute Gasteiger partial charge is 0.242 e. The predicted molar refractivity (Wildman–Crippen MR) is 141 cm³/mol. The molecule has 4 aromatic rings. The number of fused-ring (bicyclic) bond motifs is 1. The van der Waals surface area contributed by atoms with Crippen molar-refractivity contribution < 1.29 is 14.2 Å². The van der Waals surface area contributed by atoms with Crippen molar-refractivity contribution >= 4 is 11.0 Å². The van der Waals surface area contributed by atoms with E-state index in [1.807, 2.05) is 6.07 Å². The number of aliphatic hydroxyl groups is 1. The van der Waals surface area contributed by atoms with Crippen LogP contribution in [0.25, 0.3) is 33.5 Å². The Morgan fingerprint density at radius 3 is 2.09 bits per heavy atom. The highest BCUT2D eigenvalue weighted by Crippen LogP contribution is 2.34. The van der Waals surface area contributed by atoms with E-state index in [0.717, 1.165) is 28.3 Å². The van der Waals surface area contributed by atoms with Crippen LogP contribution in [0.5, 0.6) is 5.75 Å². The van der Waals surface area contributed by atoms with Gasteiger partial charge in [-0.1, -0.05) is 67.8 Å². The average molecular weight is 475 g/mol. The highest BCUT2D eigenvalue weighted by Gasteiger charge is 2.18. The van der Waals surface area contributed by atoms with E-state index in [1.165, 1.54) is 62.6 Å². The van der Waals surface area contributed by atoms with Gasteiger partial charge in [0, 0.05) is 32.1 Å². The van der Waals surface area contributed by atoms with E-state index in [2.05, 4.69) is 58.5 Å². The van der Waals surface area contributed by atoms with Gasteiger partial charge in [0.1, 0.15) is 11.6 Å². The molecule has 35 heavy (non-hydrogen) atoms. The Morgan fingerprint density at radius 1 is 0.914 bits per heavy atom. The molecule has 2 N–H and O–H groups in total. The van der Waals surface area contributed by atoms with Gasteiger partial charge in [-0.3, -0.25) is 0 Å². The number of rotatable bonds is 5. The quantitative estimate of drug-likeness (QED) is 0.308. The van der Waals surface area contributed by atoms with Gasteiger partial charge in [-0.2, -0.15) is 4.39 Å². The first kappa shape index (κ1) is 24.9. The van der Waals surface area contributed by atoms with Gasteiger partial charge in [0.15, 0.2) is 0 Å². The third kappa shape index (κ3) is 6.49. The van der Waals surface area contributed by atoms with Gasteiger partial charge in [-0.15, -0.1) is 0 Å². The molecule has 1 aliphatic rings. The summed E-state index contributed by atoms with van der Waals surface area (Å²) in [6, 6.07) is 22.9. The second-order valence-electron chi connectivity index (χ2n) is 9.58. The number of hydrogen-bond acceptors (Lipinski definition) is 3. The maximum Gasteiger partial charge on any atom is 0.242 e. The molecule has 4 nitrogen and oxygen atoms in total. The van der Waals surface area contributed by atoms with Crippen LogP contribution in [0.4, 0.5) is 4.39 Å². The molecule has 184 valence electrons. The summed E-state index contributed by atoms with van der Waals surface area (Å²) >= 11 is 0. The molecule has 5 rings (SSSR count). The van der Waals surface area contributed by atoms with E-state index in [1.54, 1.807) is 19.1 Å². The monoisotopic (exact) mass is 474 g/mol. The predicted octanol–water partition coefficient (Wildman–Crippen LogP) is 8.03. The fraction of sp³-hybridized carbons (Fsp3) is 0.367. The van der Waals surface area contributed by atoms with Gasteiger partial charge < -0.3 is 14.8 Å². The second-order valence-corrected chi connectivity index (χ2v) is 9.58. The first-order valence-electron chi connectivity index (χ1n) is 12.6. The molecule has 0 aliphatic heterocycles. The number of nitrogens with one attached hydrogen (secondary N) is 1. The molecule has 0 spiro atoms. The summed E-state index contributed by atoms with van der Waals surface area (Å²) in [4.78, 5) is 8.01. The van der Waals surface area contributed by atoms with Gasteiger partial charge in [0.05, 0.1) is 11.0 Å². The number of ether oxygens (including phenoxy) is 1. The van der Waals surface area contributed by atoms with Crippen LogP contribution in [0, 0.1) is 0 Å². The highest BCUT2D eigenvalue weighted by molar-refractivity contribution is 5.81. The van der Waals surface area contributed by atoms with Crippen LogP contribution in [-0.2, 0) is 0 Å². The van der Waals surface area contributed by atoms with E-state index in [9.17, 15) is 4.39 Å². The van der Waals surface area contributed by atoms with Crippen LogP contribution in [0.1, 0.15) is 64.4 Å². The number of nitrogens with zero attached hydrogens (tertiary/aromatic N) is 1. The molecule has 0 amide bonds. The topological polar surface area (TPSA) is 58.1 Å². The summed E-state index contributed by atoms with van der Waals surface area (Å²) in [6.07, 6.45) is 6.75. The molecule has 1 aromatic heterocycles. The fourth-order valence-corrected chi connectivity index (χ4v) is 4.67. The fourth-order valence-electron chi connectivity index (χ4n) is 4.67. The van der Waals surface area contributed by atoms with Crippen molar-refractivity contribution in [2.24, 2.45) is 0 Å². The first-order chi connectivity index (χ1) is 16.9. The van der Waals surface area contributed by atoms with Gasteiger partial charge in [-0.05, 0) is 54.5 Å². The summed E-state index contributed by atoms with van der Waals surface area (Å²) in [5, 5.41) is 7.57. The molecule has 1 fully saturated rings. The molecule has 0 radical (unpaired) electrons. The SMILES string of the molecule is CC(C)(F)Oc1ccc2nc(-c3ccc(-c4ccc(C5CCCCC5)cc4)cc3)[nH]c2c1.CCO. The number of aromatic amines is 1. The lowest BCUT2D eigenvalue weighted by Gasteiger charge is -2.22. The summed E-state index contributed by atoms with van der Waals surface area (Å²) < 4.78 is 19.1. The number of alkyl halides is 1. The van der Waals surface area contributed by atoms with Crippen molar-refractivity contribution in [3.63, 3.8) is 0 Å². The van der Waals surface area contributed by atoms with Crippen LogP contribution in [-0.4, -0.2) is 27.5 Å². The maximum absolute atomic E-state index is 13.8. The van der Waals surface area contributed by atoms with Crippen LogP contribution < -0.4 is 4.74 Å². The zero-order valence-corrected chi connectivity index (χ0v) is 20.9. The van der Waals surface area contributed by atoms with Crippen molar-refractivity contribution in [1.82, 2.24) is 9.97 Å². The molecule has 1 heterocycles. The van der Waals surface area contributed by atoms with E-state index in [-0.39, 0.29) is 6.61 Å². The molecule has 0 unspecified atom stereocenters. The van der Waals surface area contributed by atoms with E-state index >= 15 is 0 Å². The first-order valence-corrected chi connectivity index (χ1v) is 12.6. The summed E-state index contributed by atoms with van der Waals surface area (Å²) in [7, 11) is 0. The lowest BCUT2D eigenvalue weighted by Crippen LogP contribution is -2.20. The molecule has 1 aliphatic carbocycles. The Bertz CT molecular complexity index is 1220. The van der Waals surface area contributed by atoms with Gasteiger partial charge >= 0.3 is 0 Å². The van der Waals surface area contributed by atoms with Gasteiger partial charge in [0.2, 0.25) is 5.85 Å². The second kappa shape index (κ2) is 11.0. The third-order valence-electron chi connectivity index (χ3n) is 6.29. The Kier molecular flexibility index (Phi) is 7.86. The largest absolute Gasteiger partial charge is 0.458 e. The van der Waals surface area contributed by atoms with Gasteiger partial charge in [-0.25, -0.2) is 4.98 Å². The number of H-pyrrole nitrogens is 1. The van der Waals surface area contributed by atoms with Crippen molar-refractivity contribution in [2.75, 3.05) is 6.61 Å². The zero-order chi connectivity index (χ0) is 24.8. The molecule has 0 atom stereocenters. The van der Waals surface area contributed by atoms with E-state index in [0.29, 0.717) is 5.75 Å². The van der Waals surface area contributed by atoms with Crippen molar-refractivity contribution in [1.29, 1.82) is 0 Å². The molecule has 1 saturated carbocycles. The van der Waals surface area contributed by atoms with Crippen LogP contribution in [0.2, 0.25) is 0 Å². The summed E-state index contributed by atoms with van der Waals surface area (Å²) in [5.74, 6) is 0.277. The van der Waals surface area contributed by atoms with Crippen LogP contribution >= 0.6 is 0 Å². The standard InChI is InChI=1S/C28H29FN2O.C2H6O/c1-28(2,29)32-24-16-17-25-26(18-24)31-27(30-25)23-14-12-22(13-15-23)21-10-8-20(9-11-21)19-6-4-3-5-7-19;1-2-3/h8-19H,3-7H2,1-2H3,(H,30,31);3H,2H2,1H3. The van der Waals surface area contributed by atoms with Gasteiger partial charge in [0.25, 0.3) is 0 Å². The minimum Gasteiger partial charge on any atom is -0.458 e. The summed E-state index contributed by atoms with van der Waals surface area (Å²) in [6.45, 7) is 4.71. The maximum atomic E-state index is 13.8. The van der Waals surface area contributed by atoms with E-state index in [4.69, 9.17) is 9.84 Å². The minimum atomic E-state index is -1.72. The number of imidazole rings is 1. The highest BCUT2D eigenvalue weighted by atomic mass is 19.2. The lowest BCUT2D eigenvalue weighted by molar-refractivity contribution is -0.0256. The third-order valence-corrected chi connectivity index (χ3v) is 6.29. The minimum absolute atomic E-state index is 0.250. The Balaban J connectivity index is 0.000000917. The lowest BCUT2D eigenvalue weighted by atomic mass is 9.84. The zero-order valence-electron chi connectivity index (χ0n) is 20.9. The number of aliphatic hydroxyl groups excluding tert-OH is 1. The Labute approximate surface area is 207 Å². The number of halogens is 1. The normalized spacial score (nSPS) is 14.4. The van der Waals surface area contributed by atoms with Crippen LogP contribution in [0.15, 0.2) is 66.7 Å². The number of aromatic nitrogens is 2. The molecular formula is C30H35FN2O2. The Hall–Kier alpha value is -3.18. The molecular weight excluding hydrogens is 439 g/mol. The van der Waals surface area contributed by atoms with Crippen molar-refractivity contribution in [2.45, 2.75) is 64.6 Å². The van der Waals surface area contributed by atoms with Crippen molar-refractivity contribution in [3.05, 3.63) is 72.3 Å². The number of benzene rings is 3. The van der Waals surface area contributed by atoms with Crippen LogP contribution in [0.3, 0.4) is 0 Å². The Morgan fingerprint density at radius 2 is 1.49 bits per heavy atom. The molecule has 0 saturated heterocycles. The average Bonchev–Trinajstić information content (AvgIpc) is 3.28. The molecule has 0 bridgehead atoms. The summed E-state index contributed by atoms with van der Waals surface area (Å²) in [5.41, 5.74) is 6.57. The van der Waals surface area contributed by atoms with Crippen molar-refractivity contribution in [3.8, 4) is 28.3 Å². The molecule has 3 aromatic carbocycles. The van der Waals surface area contributed by atoms with E-state index < -0.39 is 5.85 Å². The number of hydrogen-bond donors (Lipinski definition) is 2.